The van der Waals surface area contributed by atoms with E-state index in [1.165, 1.54) is 11.8 Å². The molecule has 0 fully saturated rings. The van der Waals surface area contributed by atoms with Crippen LogP contribution in [-0.2, 0) is 17.9 Å². The Balaban J connectivity index is 1.82. The van der Waals surface area contributed by atoms with Crippen LogP contribution in [0.25, 0.3) is 0 Å². The summed E-state index contributed by atoms with van der Waals surface area (Å²) in [6.07, 6.45) is 0. The summed E-state index contributed by atoms with van der Waals surface area (Å²) >= 11 is 7.18. The summed E-state index contributed by atoms with van der Waals surface area (Å²) < 4.78 is 7.75. The molecule has 0 bridgehead atoms. The number of benzene rings is 2. The van der Waals surface area contributed by atoms with E-state index < -0.39 is 11.2 Å². The first-order valence-electron chi connectivity index (χ1n) is 8.33. The van der Waals surface area contributed by atoms with Crippen LogP contribution in [0.1, 0.15) is 18.3 Å². The minimum Gasteiger partial charge on any atom is -0.486 e. The third-order valence-corrected chi connectivity index (χ3v) is 5.19. The molecule has 27 heavy (non-hydrogen) atoms. The van der Waals surface area contributed by atoms with Crippen LogP contribution >= 0.6 is 23.4 Å². The summed E-state index contributed by atoms with van der Waals surface area (Å²) in [6, 6.07) is 17.1. The molecule has 1 aromatic heterocycles. The van der Waals surface area contributed by atoms with Gasteiger partial charge in [-0.2, -0.15) is 0 Å². The van der Waals surface area contributed by atoms with E-state index in [1.54, 1.807) is 31.2 Å². The number of thioether (sulfide) groups is 1. The predicted octanol–water partition coefficient (Wildman–Crippen LogP) is 3.52. The minimum atomic E-state index is -0.409. The third kappa shape index (κ3) is 5.24. The molecule has 0 unspecified atom stereocenters. The van der Waals surface area contributed by atoms with E-state index in [9.17, 15) is 4.79 Å². The van der Waals surface area contributed by atoms with Crippen molar-refractivity contribution in [2.45, 2.75) is 30.5 Å². The molecule has 3 aromatic rings. The number of primary amides is 1. The highest BCUT2D eigenvalue weighted by molar-refractivity contribution is 8.00. The standard InChI is InChI=1S/C19H19ClN4O2S/c1-13(18(21)25)27-19-23-22-17(12-26-16-9-7-15(20)8-10-16)24(19)11-14-5-3-2-4-6-14/h2-10,13H,11-12H2,1H3,(H2,21,25)/t13-/m1/s1. The van der Waals surface area contributed by atoms with Crippen LogP contribution in [0.15, 0.2) is 59.8 Å². The lowest BCUT2D eigenvalue weighted by atomic mass is 10.2. The number of hydrogen-bond donors (Lipinski definition) is 1. The van der Waals surface area contributed by atoms with Gasteiger partial charge in [0.1, 0.15) is 12.4 Å². The highest BCUT2D eigenvalue weighted by atomic mass is 35.5. The molecule has 2 N–H and O–H groups in total. The van der Waals surface area contributed by atoms with Gasteiger partial charge in [0, 0.05) is 5.02 Å². The second-order valence-electron chi connectivity index (χ2n) is 5.88. The summed E-state index contributed by atoms with van der Waals surface area (Å²) in [5, 5.41) is 9.34. The Bertz CT molecular complexity index is 900. The summed E-state index contributed by atoms with van der Waals surface area (Å²) in [5.74, 6) is 0.953. The van der Waals surface area contributed by atoms with Crippen LogP contribution in [-0.4, -0.2) is 25.9 Å². The number of rotatable bonds is 8. The Hall–Kier alpha value is -2.51. The van der Waals surface area contributed by atoms with E-state index in [-0.39, 0.29) is 6.61 Å². The molecule has 0 saturated heterocycles. The fraction of sp³-hybridized carbons (Fsp3) is 0.211. The molecule has 6 nitrogen and oxygen atoms in total. The van der Waals surface area contributed by atoms with Crippen molar-refractivity contribution in [1.82, 2.24) is 14.8 Å². The molecule has 3 rings (SSSR count). The van der Waals surface area contributed by atoms with Gasteiger partial charge in [0.15, 0.2) is 11.0 Å². The molecule has 0 saturated carbocycles. The summed E-state index contributed by atoms with van der Waals surface area (Å²) in [5.41, 5.74) is 6.48. The Morgan fingerprint density at radius 3 is 2.56 bits per heavy atom. The first-order valence-corrected chi connectivity index (χ1v) is 9.59. The van der Waals surface area contributed by atoms with Crippen molar-refractivity contribution >= 4 is 29.3 Å². The van der Waals surface area contributed by atoms with Gasteiger partial charge < -0.3 is 10.5 Å². The maximum atomic E-state index is 11.4. The number of nitrogens with two attached hydrogens (primary N) is 1. The van der Waals surface area contributed by atoms with E-state index >= 15 is 0 Å². The van der Waals surface area contributed by atoms with Gasteiger partial charge in [-0.3, -0.25) is 9.36 Å². The van der Waals surface area contributed by atoms with Crippen LogP contribution in [0.5, 0.6) is 5.75 Å². The van der Waals surface area contributed by atoms with E-state index in [0.29, 0.717) is 28.3 Å². The molecular weight excluding hydrogens is 384 g/mol. The van der Waals surface area contributed by atoms with Crippen molar-refractivity contribution in [3.8, 4) is 5.75 Å². The molecule has 1 atom stereocenters. The van der Waals surface area contributed by atoms with Crippen LogP contribution in [0.3, 0.4) is 0 Å². The normalized spacial score (nSPS) is 11.9. The molecule has 2 aromatic carbocycles. The molecule has 0 spiro atoms. The first kappa shape index (κ1) is 19.3. The molecule has 1 heterocycles. The van der Waals surface area contributed by atoms with Crippen molar-refractivity contribution in [2.24, 2.45) is 5.73 Å². The van der Waals surface area contributed by atoms with Crippen molar-refractivity contribution in [1.29, 1.82) is 0 Å². The first-order chi connectivity index (χ1) is 13.0. The van der Waals surface area contributed by atoms with Crippen molar-refractivity contribution in [3.63, 3.8) is 0 Å². The van der Waals surface area contributed by atoms with Crippen LogP contribution in [0.4, 0.5) is 0 Å². The van der Waals surface area contributed by atoms with Gasteiger partial charge in [0.2, 0.25) is 5.91 Å². The Morgan fingerprint density at radius 1 is 1.19 bits per heavy atom. The van der Waals surface area contributed by atoms with Crippen LogP contribution < -0.4 is 10.5 Å². The number of halogens is 1. The van der Waals surface area contributed by atoms with E-state index in [0.717, 1.165) is 5.56 Å². The number of carbonyl (C=O) groups excluding carboxylic acids is 1. The largest absolute Gasteiger partial charge is 0.486 e. The summed E-state index contributed by atoms with van der Waals surface area (Å²) in [7, 11) is 0. The molecule has 0 radical (unpaired) electrons. The predicted molar refractivity (Wildman–Crippen MR) is 106 cm³/mol. The van der Waals surface area contributed by atoms with Gasteiger partial charge in [0.25, 0.3) is 0 Å². The molecule has 0 aliphatic carbocycles. The lowest BCUT2D eigenvalue weighted by Gasteiger charge is -2.12. The zero-order valence-electron chi connectivity index (χ0n) is 14.7. The van der Waals surface area contributed by atoms with Crippen molar-refractivity contribution in [2.75, 3.05) is 0 Å². The Kier molecular flexibility index (Phi) is 6.36. The maximum Gasteiger partial charge on any atom is 0.230 e. The molecule has 140 valence electrons. The van der Waals surface area contributed by atoms with E-state index in [2.05, 4.69) is 10.2 Å². The zero-order valence-corrected chi connectivity index (χ0v) is 16.3. The smallest absolute Gasteiger partial charge is 0.230 e. The topological polar surface area (TPSA) is 83.0 Å². The monoisotopic (exact) mass is 402 g/mol. The quantitative estimate of drug-likeness (QED) is 0.583. The Morgan fingerprint density at radius 2 is 1.89 bits per heavy atom. The lowest BCUT2D eigenvalue weighted by Crippen LogP contribution is -2.23. The van der Waals surface area contributed by atoms with E-state index in [4.69, 9.17) is 22.1 Å². The maximum absolute atomic E-state index is 11.4. The number of ether oxygens (including phenoxy) is 1. The molecule has 0 aliphatic rings. The van der Waals surface area contributed by atoms with Crippen molar-refractivity contribution < 1.29 is 9.53 Å². The minimum absolute atomic E-state index is 0.243. The second-order valence-corrected chi connectivity index (χ2v) is 7.62. The summed E-state index contributed by atoms with van der Waals surface area (Å²) in [6.45, 7) is 2.56. The number of aromatic nitrogens is 3. The number of carbonyl (C=O) groups is 1. The number of amides is 1. The van der Waals surface area contributed by atoms with Gasteiger partial charge in [-0.05, 0) is 36.8 Å². The zero-order chi connectivity index (χ0) is 19.2. The molecule has 1 amide bonds. The molecule has 8 heteroatoms. The lowest BCUT2D eigenvalue weighted by molar-refractivity contribution is -0.117. The van der Waals surface area contributed by atoms with Gasteiger partial charge in [0.05, 0.1) is 11.8 Å². The van der Waals surface area contributed by atoms with Crippen LogP contribution in [0.2, 0.25) is 5.02 Å². The van der Waals surface area contributed by atoms with Gasteiger partial charge >= 0.3 is 0 Å². The number of nitrogens with zero attached hydrogens (tertiary/aromatic N) is 3. The average Bonchev–Trinajstić information content (AvgIpc) is 3.03. The highest BCUT2D eigenvalue weighted by Crippen LogP contribution is 2.24. The number of hydrogen-bond acceptors (Lipinski definition) is 5. The van der Waals surface area contributed by atoms with Gasteiger partial charge in [-0.15, -0.1) is 10.2 Å². The Labute approximate surface area is 166 Å². The summed E-state index contributed by atoms with van der Waals surface area (Å²) in [4.78, 5) is 11.4. The van der Waals surface area contributed by atoms with Gasteiger partial charge in [-0.25, -0.2) is 0 Å². The van der Waals surface area contributed by atoms with E-state index in [1.807, 2.05) is 34.9 Å². The third-order valence-electron chi connectivity index (χ3n) is 3.84. The SMILES string of the molecule is C[C@@H](Sc1nnc(COc2ccc(Cl)cc2)n1Cc1ccccc1)C(N)=O. The highest BCUT2D eigenvalue weighted by Gasteiger charge is 2.19. The molecular formula is C19H19ClN4O2S. The fourth-order valence-electron chi connectivity index (χ4n) is 2.33. The second kappa shape index (κ2) is 8.92. The van der Waals surface area contributed by atoms with Crippen molar-refractivity contribution in [3.05, 3.63) is 71.0 Å². The van der Waals surface area contributed by atoms with Gasteiger partial charge in [-0.1, -0.05) is 53.7 Å². The van der Waals surface area contributed by atoms with Crippen LogP contribution in [0, 0.1) is 0 Å². The average molecular weight is 403 g/mol. The molecule has 0 aliphatic heterocycles. The fourth-order valence-corrected chi connectivity index (χ4v) is 3.28.